The molecule has 1 aromatic heterocycles. The maximum atomic E-state index is 12.8. The molecule has 2 aromatic rings. The fraction of sp³-hybridized carbons (Fsp3) is 0.400. The minimum absolute atomic E-state index is 0.0647. The third-order valence-corrected chi connectivity index (χ3v) is 4.56. The number of hydrogen-bond acceptors (Lipinski definition) is 4. The van der Waals surface area contributed by atoms with Gasteiger partial charge in [-0.3, -0.25) is 0 Å². The zero-order chi connectivity index (χ0) is 20.1. The van der Waals surface area contributed by atoms with Gasteiger partial charge in [0.05, 0.1) is 11.7 Å². The van der Waals surface area contributed by atoms with Gasteiger partial charge in [0, 0.05) is 18.9 Å². The SMILES string of the molecule is [CH2]CCc1ccc(OCC2CCCO2)cc1Oc1ncc(C(F)(F)F)cc1Cl. The van der Waals surface area contributed by atoms with Gasteiger partial charge >= 0.3 is 6.18 Å². The van der Waals surface area contributed by atoms with Crippen LogP contribution in [0.3, 0.4) is 0 Å². The first-order valence-corrected chi connectivity index (χ1v) is 9.32. The summed E-state index contributed by atoms with van der Waals surface area (Å²) in [5, 5.41) is -0.221. The number of pyridine rings is 1. The van der Waals surface area contributed by atoms with E-state index in [0.29, 0.717) is 37.1 Å². The zero-order valence-electron chi connectivity index (χ0n) is 15.1. The van der Waals surface area contributed by atoms with Gasteiger partial charge in [0.2, 0.25) is 5.88 Å². The van der Waals surface area contributed by atoms with Gasteiger partial charge in [-0.05, 0) is 43.4 Å². The first kappa shape index (κ1) is 20.7. The average Bonchev–Trinajstić information content (AvgIpc) is 3.16. The molecule has 4 nitrogen and oxygen atoms in total. The Morgan fingerprint density at radius 3 is 2.75 bits per heavy atom. The van der Waals surface area contributed by atoms with E-state index in [-0.39, 0.29) is 17.0 Å². The molecule has 1 radical (unpaired) electrons. The summed E-state index contributed by atoms with van der Waals surface area (Å²) in [4.78, 5) is 3.73. The number of hydrogen-bond donors (Lipinski definition) is 0. The molecule has 28 heavy (non-hydrogen) atoms. The highest BCUT2D eigenvalue weighted by Crippen LogP contribution is 2.36. The summed E-state index contributed by atoms with van der Waals surface area (Å²) >= 11 is 5.95. The third-order valence-electron chi connectivity index (χ3n) is 4.29. The Morgan fingerprint density at radius 1 is 1.29 bits per heavy atom. The van der Waals surface area contributed by atoms with Crippen molar-refractivity contribution in [3.63, 3.8) is 0 Å². The third kappa shape index (κ3) is 5.29. The van der Waals surface area contributed by atoms with Crippen molar-refractivity contribution in [1.29, 1.82) is 0 Å². The topological polar surface area (TPSA) is 40.6 Å². The number of halogens is 4. The van der Waals surface area contributed by atoms with E-state index < -0.39 is 11.7 Å². The Morgan fingerprint density at radius 2 is 2.11 bits per heavy atom. The second-order valence-corrected chi connectivity index (χ2v) is 6.84. The number of benzene rings is 1. The van der Waals surface area contributed by atoms with Crippen LogP contribution in [-0.4, -0.2) is 24.3 Å². The van der Waals surface area contributed by atoms with Gasteiger partial charge in [0.15, 0.2) is 0 Å². The molecule has 8 heteroatoms. The van der Waals surface area contributed by atoms with Crippen LogP contribution in [-0.2, 0) is 17.3 Å². The molecule has 0 saturated carbocycles. The fourth-order valence-electron chi connectivity index (χ4n) is 2.84. The Bertz CT molecular complexity index is 808. The molecule has 0 N–H and O–H groups in total. The molecule has 0 aliphatic carbocycles. The molecule has 3 rings (SSSR count). The summed E-state index contributed by atoms with van der Waals surface area (Å²) in [5.41, 5.74) is -0.103. The molecule has 0 amide bonds. The number of rotatable bonds is 7. The maximum Gasteiger partial charge on any atom is 0.417 e. The van der Waals surface area contributed by atoms with Crippen LogP contribution >= 0.6 is 11.6 Å². The normalized spacial score (nSPS) is 17.0. The Labute approximate surface area is 166 Å². The summed E-state index contributed by atoms with van der Waals surface area (Å²) in [7, 11) is 0. The van der Waals surface area contributed by atoms with Crippen LogP contribution in [0, 0.1) is 6.92 Å². The summed E-state index contributed by atoms with van der Waals surface area (Å²) in [5.74, 6) is 0.889. The minimum atomic E-state index is -4.52. The molecule has 1 aliphatic heterocycles. The lowest BCUT2D eigenvalue weighted by atomic mass is 10.1. The quantitative estimate of drug-likeness (QED) is 0.568. The van der Waals surface area contributed by atoms with Crippen molar-refractivity contribution in [2.75, 3.05) is 13.2 Å². The molecule has 151 valence electrons. The smallest absolute Gasteiger partial charge is 0.417 e. The van der Waals surface area contributed by atoms with E-state index >= 15 is 0 Å². The van der Waals surface area contributed by atoms with E-state index in [2.05, 4.69) is 11.9 Å². The number of nitrogens with zero attached hydrogens (tertiary/aromatic N) is 1. The van der Waals surface area contributed by atoms with Gasteiger partial charge < -0.3 is 14.2 Å². The second kappa shape index (κ2) is 9.01. The van der Waals surface area contributed by atoms with Crippen molar-refractivity contribution < 1.29 is 27.4 Å². The molecule has 2 heterocycles. The van der Waals surface area contributed by atoms with Crippen molar-refractivity contribution in [3.8, 4) is 17.4 Å². The minimum Gasteiger partial charge on any atom is -0.491 e. The predicted octanol–water partition coefficient (Wildman–Crippen LogP) is 5.87. The van der Waals surface area contributed by atoms with Gasteiger partial charge in [-0.1, -0.05) is 24.6 Å². The van der Waals surface area contributed by atoms with Crippen molar-refractivity contribution in [2.24, 2.45) is 0 Å². The Hall–Kier alpha value is -1.99. The molecule has 1 atom stereocenters. The van der Waals surface area contributed by atoms with Crippen molar-refractivity contribution in [1.82, 2.24) is 4.98 Å². The predicted molar refractivity (Wildman–Crippen MR) is 98.9 cm³/mol. The molecule has 1 saturated heterocycles. The summed E-state index contributed by atoms with van der Waals surface area (Å²) < 4.78 is 55.4. The van der Waals surface area contributed by atoms with Gasteiger partial charge in [-0.25, -0.2) is 4.98 Å². The number of aromatic nitrogens is 1. The van der Waals surface area contributed by atoms with Gasteiger partial charge in [-0.2, -0.15) is 13.2 Å². The number of aryl methyl sites for hydroxylation is 1. The highest BCUT2D eigenvalue weighted by Gasteiger charge is 2.32. The standard InChI is InChI=1S/C20H20ClF3NO3/c1-2-4-13-6-7-15(27-12-16-5-3-8-26-16)10-18(13)28-19-17(21)9-14(11-25-19)20(22,23)24/h6-7,9-11,16H,1-5,8,12H2. The first-order valence-electron chi connectivity index (χ1n) is 8.94. The lowest BCUT2D eigenvalue weighted by Crippen LogP contribution is -2.16. The summed E-state index contributed by atoms with van der Waals surface area (Å²) in [6.07, 6.45) is -0.545. The van der Waals surface area contributed by atoms with E-state index in [1.165, 1.54) is 0 Å². The molecule has 1 unspecified atom stereocenters. The van der Waals surface area contributed by atoms with E-state index in [1.54, 1.807) is 6.07 Å². The Kier molecular flexibility index (Phi) is 6.67. The number of alkyl halides is 3. The fourth-order valence-corrected chi connectivity index (χ4v) is 3.05. The molecule has 1 aromatic carbocycles. The highest BCUT2D eigenvalue weighted by molar-refractivity contribution is 6.31. The molecule has 1 fully saturated rings. The highest BCUT2D eigenvalue weighted by atomic mass is 35.5. The van der Waals surface area contributed by atoms with Crippen LogP contribution in [0.25, 0.3) is 0 Å². The molecule has 1 aliphatic rings. The van der Waals surface area contributed by atoms with Crippen LogP contribution in [0.5, 0.6) is 17.4 Å². The van der Waals surface area contributed by atoms with Crippen LogP contribution < -0.4 is 9.47 Å². The zero-order valence-corrected chi connectivity index (χ0v) is 15.9. The van der Waals surface area contributed by atoms with Crippen molar-refractivity contribution >= 4 is 11.6 Å². The van der Waals surface area contributed by atoms with Gasteiger partial charge in [0.1, 0.15) is 23.1 Å². The van der Waals surface area contributed by atoms with Crippen LogP contribution in [0.2, 0.25) is 5.02 Å². The lowest BCUT2D eigenvalue weighted by Gasteiger charge is -2.16. The van der Waals surface area contributed by atoms with E-state index in [4.69, 9.17) is 25.8 Å². The van der Waals surface area contributed by atoms with Crippen LogP contribution in [0.15, 0.2) is 30.5 Å². The van der Waals surface area contributed by atoms with E-state index in [0.717, 1.165) is 31.1 Å². The van der Waals surface area contributed by atoms with Crippen molar-refractivity contribution in [3.05, 3.63) is 53.5 Å². The van der Waals surface area contributed by atoms with Gasteiger partial charge in [0.25, 0.3) is 0 Å². The van der Waals surface area contributed by atoms with E-state index in [9.17, 15) is 13.2 Å². The lowest BCUT2D eigenvalue weighted by molar-refractivity contribution is -0.137. The van der Waals surface area contributed by atoms with E-state index in [1.807, 2.05) is 12.1 Å². The number of ether oxygens (including phenoxy) is 3. The van der Waals surface area contributed by atoms with Gasteiger partial charge in [-0.15, -0.1) is 0 Å². The summed E-state index contributed by atoms with van der Waals surface area (Å²) in [6, 6.07) is 6.12. The Balaban J connectivity index is 1.79. The second-order valence-electron chi connectivity index (χ2n) is 6.43. The molecular weight excluding hydrogens is 395 g/mol. The van der Waals surface area contributed by atoms with Crippen LogP contribution in [0.4, 0.5) is 13.2 Å². The molecule has 0 spiro atoms. The maximum absolute atomic E-state index is 12.8. The first-order chi connectivity index (χ1) is 13.4. The monoisotopic (exact) mass is 414 g/mol. The average molecular weight is 415 g/mol. The summed E-state index contributed by atoms with van der Waals surface area (Å²) in [6.45, 7) is 4.99. The largest absolute Gasteiger partial charge is 0.491 e. The molecule has 0 bridgehead atoms. The van der Waals surface area contributed by atoms with Crippen molar-refractivity contribution in [2.45, 2.75) is 38.0 Å². The van der Waals surface area contributed by atoms with Crippen LogP contribution in [0.1, 0.15) is 30.4 Å². The molecular formula is C20H20ClF3NO3.